The molecule has 166 valence electrons. The molecule has 6 rings (SSSR count). The van der Waals surface area contributed by atoms with E-state index in [1.807, 2.05) is 91.0 Å². The van der Waals surface area contributed by atoms with Crippen LogP contribution in [0.2, 0.25) is 0 Å². The molecular weight excluding hydrogens is 434 g/mol. The molecule has 0 atom stereocenters. The number of carbonyl (C=O) groups is 1. The van der Waals surface area contributed by atoms with Crippen molar-refractivity contribution in [1.82, 2.24) is 15.0 Å². The van der Waals surface area contributed by atoms with Crippen molar-refractivity contribution in [3.63, 3.8) is 0 Å². The Morgan fingerprint density at radius 2 is 1.23 bits per heavy atom. The second-order valence-corrected chi connectivity index (χ2v) is 8.10. The number of hydrogen-bond donors (Lipinski definition) is 0. The molecule has 0 N–H and O–H groups in total. The second-order valence-electron chi connectivity index (χ2n) is 8.10. The van der Waals surface area contributed by atoms with Gasteiger partial charge in [-0.05, 0) is 48.5 Å². The quantitative estimate of drug-likeness (QED) is 0.219. The Labute approximate surface area is 201 Å². The minimum absolute atomic E-state index is 0.431. The summed E-state index contributed by atoms with van der Waals surface area (Å²) in [7, 11) is 0. The SMILES string of the molecule is O=C(Oc1ccc(-c2cnc3ccccc3n2)cc1)c1cc(-c2ccccc2)nc2ccccc12. The van der Waals surface area contributed by atoms with Crippen LogP contribution in [0.25, 0.3) is 44.5 Å². The van der Waals surface area contributed by atoms with Gasteiger partial charge in [-0.3, -0.25) is 4.98 Å². The lowest BCUT2D eigenvalue weighted by atomic mass is 10.0. The Hall–Kier alpha value is -4.90. The lowest BCUT2D eigenvalue weighted by Crippen LogP contribution is -2.10. The van der Waals surface area contributed by atoms with Gasteiger partial charge in [-0.1, -0.05) is 60.7 Å². The normalized spacial score (nSPS) is 11.0. The molecule has 2 heterocycles. The van der Waals surface area contributed by atoms with Crippen LogP contribution in [-0.2, 0) is 0 Å². The second kappa shape index (κ2) is 8.80. The van der Waals surface area contributed by atoms with Crippen LogP contribution in [0.4, 0.5) is 0 Å². The van der Waals surface area contributed by atoms with Crippen LogP contribution in [0.3, 0.4) is 0 Å². The van der Waals surface area contributed by atoms with Crippen LogP contribution >= 0.6 is 0 Å². The summed E-state index contributed by atoms with van der Waals surface area (Å²) in [6.07, 6.45) is 1.75. The zero-order chi connectivity index (χ0) is 23.6. The Morgan fingerprint density at radius 1 is 0.600 bits per heavy atom. The predicted octanol–water partition coefficient (Wildman–Crippen LogP) is 6.73. The largest absolute Gasteiger partial charge is 0.423 e. The zero-order valence-electron chi connectivity index (χ0n) is 18.6. The van der Waals surface area contributed by atoms with Gasteiger partial charge in [-0.15, -0.1) is 0 Å². The number of pyridine rings is 1. The summed E-state index contributed by atoms with van der Waals surface area (Å²) < 4.78 is 5.76. The van der Waals surface area contributed by atoms with E-state index in [0.29, 0.717) is 11.3 Å². The molecule has 5 nitrogen and oxygen atoms in total. The average Bonchev–Trinajstić information content (AvgIpc) is 2.93. The van der Waals surface area contributed by atoms with Crippen LogP contribution in [0.15, 0.2) is 115 Å². The Balaban J connectivity index is 1.30. The number of esters is 1. The van der Waals surface area contributed by atoms with Crippen molar-refractivity contribution in [2.45, 2.75) is 0 Å². The number of fused-ring (bicyclic) bond motifs is 2. The molecule has 5 heteroatoms. The highest BCUT2D eigenvalue weighted by Gasteiger charge is 2.16. The smallest absolute Gasteiger partial charge is 0.344 e. The van der Waals surface area contributed by atoms with E-state index in [4.69, 9.17) is 9.72 Å². The molecule has 2 aromatic heterocycles. The van der Waals surface area contributed by atoms with E-state index in [0.717, 1.165) is 44.5 Å². The van der Waals surface area contributed by atoms with Crippen molar-refractivity contribution in [3.8, 4) is 28.3 Å². The monoisotopic (exact) mass is 453 g/mol. The van der Waals surface area contributed by atoms with E-state index in [2.05, 4.69) is 9.97 Å². The molecule has 0 bridgehead atoms. The maximum absolute atomic E-state index is 13.2. The first-order valence-corrected chi connectivity index (χ1v) is 11.2. The first-order valence-electron chi connectivity index (χ1n) is 11.2. The first kappa shape index (κ1) is 20.7. The van der Waals surface area contributed by atoms with E-state index in [-0.39, 0.29) is 0 Å². The molecular formula is C30H19N3O2. The lowest BCUT2D eigenvalue weighted by molar-refractivity contribution is 0.0737. The maximum Gasteiger partial charge on any atom is 0.344 e. The predicted molar refractivity (Wildman–Crippen MR) is 137 cm³/mol. The van der Waals surface area contributed by atoms with Gasteiger partial charge in [0.15, 0.2) is 0 Å². The van der Waals surface area contributed by atoms with Crippen molar-refractivity contribution >= 4 is 27.9 Å². The summed E-state index contributed by atoms with van der Waals surface area (Å²) in [6, 6.07) is 34.2. The van der Waals surface area contributed by atoms with Crippen LogP contribution in [-0.4, -0.2) is 20.9 Å². The van der Waals surface area contributed by atoms with Gasteiger partial charge in [-0.2, -0.15) is 0 Å². The van der Waals surface area contributed by atoms with Crippen LogP contribution in [0, 0.1) is 0 Å². The van der Waals surface area contributed by atoms with E-state index in [1.54, 1.807) is 24.4 Å². The maximum atomic E-state index is 13.2. The number of benzene rings is 4. The zero-order valence-corrected chi connectivity index (χ0v) is 18.6. The summed E-state index contributed by atoms with van der Waals surface area (Å²) in [6.45, 7) is 0. The van der Waals surface area contributed by atoms with Gasteiger partial charge in [0.25, 0.3) is 0 Å². The van der Waals surface area contributed by atoms with Gasteiger partial charge in [0, 0.05) is 16.5 Å². The molecule has 0 fully saturated rings. The van der Waals surface area contributed by atoms with Crippen LogP contribution in [0.5, 0.6) is 5.75 Å². The van der Waals surface area contributed by atoms with E-state index < -0.39 is 5.97 Å². The topological polar surface area (TPSA) is 65.0 Å². The Kier molecular flexibility index (Phi) is 5.20. The number of hydrogen-bond acceptors (Lipinski definition) is 5. The average molecular weight is 454 g/mol. The molecule has 0 amide bonds. The number of ether oxygens (including phenoxy) is 1. The van der Waals surface area contributed by atoms with E-state index in [9.17, 15) is 4.79 Å². The molecule has 4 aromatic carbocycles. The van der Waals surface area contributed by atoms with Crippen molar-refractivity contribution in [1.29, 1.82) is 0 Å². The molecule has 0 spiro atoms. The minimum Gasteiger partial charge on any atom is -0.423 e. The van der Waals surface area contributed by atoms with Crippen molar-refractivity contribution < 1.29 is 9.53 Å². The standard InChI is InChI=1S/C30H19N3O2/c34-30(24-18-28(20-8-2-1-3-9-20)32-25-11-5-4-10-23(24)25)35-22-16-14-21(15-17-22)29-19-31-26-12-6-7-13-27(26)33-29/h1-19H. The number of rotatable bonds is 4. The van der Waals surface area contributed by atoms with Gasteiger partial charge in [-0.25, -0.2) is 14.8 Å². The number of para-hydroxylation sites is 3. The third-order valence-corrected chi connectivity index (χ3v) is 5.81. The summed E-state index contributed by atoms with van der Waals surface area (Å²) in [4.78, 5) is 27.1. The highest BCUT2D eigenvalue weighted by atomic mass is 16.5. The number of aromatic nitrogens is 3. The van der Waals surface area contributed by atoms with Crippen molar-refractivity contribution in [2.75, 3.05) is 0 Å². The van der Waals surface area contributed by atoms with Gasteiger partial charge in [0.05, 0.1) is 39.7 Å². The molecule has 0 radical (unpaired) electrons. The minimum atomic E-state index is -0.431. The van der Waals surface area contributed by atoms with Gasteiger partial charge < -0.3 is 4.74 Å². The van der Waals surface area contributed by atoms with Crippen LogP contribution < -0.4 is 4.74 Å². The summed E-state index contributed by atoms with van der Waals surface area (Å²) >= 11 is 0. The fourth-order valence-electron chi connectivity index (χ4n) is 4.05. The fourth-order valence-corrected chi connectivity index (χ4v) is 4.05. The molecule has 0 aliphatic carbocycles. The van der Waals surface area contributed by atoms with Gasteiger partial charge in [0.1, 0.15) is 5.75 Å². The third-order valence-electron chi connectivity index (χ3n) is 5.81. The Morgan fingerprint density at radius 3 is 2.03 bits per heavy atom. The van der Waals surface area contributed by atoms with Crippen molar-refractivity contribution in [3.05, 3.63) is 121 Å². The summed E-state index contributed by atoms with van der Waals surface area (Å²) in [5.41, 5.74) is 6.21. The Bertz CT molecular complexity index is 1680. The molecule has 0 saturated heterocycles. The van der Waals surface area contributed by atoms with E-state index >= 15 is 0 Å². The van der Waals surface area contributed by atoms with E-state index in [1.165, 1.54) is 0 Å². The number of carbonyl (C=O) groups excluding carboxylic acids is 1. The lowest BCUT2D eigenvalue weighted by Gasteiger charge is -2.10. The highest BCUT2D eigenvalue weighted by Crippen LogP contribution is 2.27. The summed E-state index contributed by atoms with van der Waals surface area (Å²) in [5, 5.41) is 0.750. The van der Waals surface area contributed by atoms with Gasteiger partial charge in [0.2, 0.25) is 0 Å². The number of nitrogens with zero attached hydrogens (tertiary/aromatic N) is 3. The fraction of sp³-hybridized carbons (Fsp3) is 0. The molecule has 0 aliphatic rings. The molecule has 6 aromatic rings. The van der Waals surface area contributed by atoms with Gasteiger partial charge >= 0.3 is 5.97 Å². The highest BCUT2D eigenvalue weighted by molar-refractivity contribution is 6.05. The third kappa shape index (κ3) is 4.11. The molecule has 0 aliphatic heterocycles. The molecule has 35 heavy (non-hydrogen) atoms. The van der Waals surface area contributed by atoms with Crippen molar-refractivity contribution in [2.24, 2.45) is 0 Å². The molecule has 0 unspecified atom stereocenters. The molecule has 0 saturated carbocycles. The van der Waals surface area contributed by atoms with Crippen LogP contribution in [0.1, 0.15) is 10.4 Å². The first-order chi connectivity index (χ1) is 17.2. The summed E-state index contributed by atoms with van der Waals surface area (Å²) in [5.74, 6) is 0.0219.